The van der Waals surface area contributed by atoms with Crippen LogP contribution in [0.4, 0.5) is 0 Å². The zero-order valence-corrected chi connectivity index (χ0v) is 67.8. The Morgan fingerprint density at radius 3 is 0.691 bits per heavy atom. The second kappa shape index (κ2) is 39.1. The normalized spacial score (nSPS) is 11.7. The predicted octanol–water partition coefficient (Wildman–Crippen LogP) is 20.7. The molecule has 8 nitrogen and oxygen atoms in total. The van der Waals surface area contributed by atoms with Crippen molar-refractivity contribution in [1.82, 2.24) is 9.80 Å². The number of methoxy groups -OCH3 is 2. The van der Waals surface area contributed by atoms with E-state index in [9.17, 15) is 20.4 Å². The molecule has 8 rings (SSSR count). The second-order valence-electron chi connectivity index (χ2n) is 31.4. The van der Waals surface area contributed by atoms with Gasteiger partial charge in [0.25, 0.3) is 0 Å². The maximum absolute atomic E-state index is 12.4. The topological polar surface area (TPSA) is 106 Å². The van der Waals surface area contributed by atoms with Crippen LogP contribution in [0, 0.1) is 27.7 Å². The SMILES string of the molecule is COCCN(Cc1cc(C(C)(C)C)cc(Cc2cc(C(C)(C)C)cc(CN(CCOC)Cc3cc(C(C)(C)C)cc(C(C)(C)C)c3O)c2O)c1O)Cc1cc(C(C)(C)C)cc(C(C)(C)C)c1O.[CH2-]c1ccccc1.[CH2-]c1ccccc1.[CH2-]c1ccccc1.[CH2-]c1ccccc1.[Zr+3].[Zr+3]. The third-order valence-electron chi connectivity index (χ3n) is 16.5. The molecular weight excluding hydrogens is 1350 g/mol. The summed E-state index contributed by atoms with van der Waals surface area (Å²) in [4.78, 5) is 4.49. The molecule has 0 aliphatic carbocycles. The third-order valence-corrected chi connectivity index (χ3v) is 16.5. The molecule has 10 heteroatoms. The number of benzene rings is 8. The summed E-state index contributed by atoms with van der Waals surface area (Å²) in [6.07, 6.45) is 0.314. The molecule has 0 aromatic heterocycles. The van der Waals surface area contributed by atoms with Gasteiger partial charge in [-0.05, 0) is 77.0 Å². The molecule has 518 valence electrons. The van der Waals surface area contributed by atoms with Crippen molar-refractivity contribution < 1.29 is 82.3 Å². The van der Waals surface area contributed by atoms with E-state index in [1.54, 1.807) is 14.2 Å². The molecule has 2 radical (unpaired) electrons. The maximum Gasteiger partial charge on any atom is 3.00 e. The van der Waals surface area contributed by atoms with Crippen LogP contribution in [0.1, 0.15) is 214 Å². The van der Waals surface area contributed by atoms with Crippen LogP contribution >= 0.6 is 0 Å². The van der Waals surface area contributed by atoms with E-state index in [0.29, 0.717) is 70.4 Å². The largest absolute Gasteiger partial charge is 3.00 e. The Bertz CT molecular complexity index is 3270. The molecule has 0 heterocycles. The van der Waals surface area contributed by atoms with Crippen LogP contribution in [-0.2, 0) is 127 Å². The van der Waals surface area contributed by atoms with Gasteiger partial charge < -0.3 is 29.9 Å². The standard InChI is InChI=1S/C59H90N2O6.4C7H7.2Zr/c1-54(2,3)44-26-38(50(62)40(28-44)34-60(21-23-66-19)36-42-30-46(56(7,8)9)32-48(52(42)64)58(13,14)15)25-39-27-45(55(4,5)6)29-41(51(39)63)35-61(22-24-67-20)37-43-31-47(57(10,11)12)33-49(53(43)65)59(16,17)18;4*1-7-5-3-2-4-6-7;;/h26-33,62-65H,21-25,34-37H2,1-20H3;4*2-6H,1H2;;/q;4*-1;2*+3. The molecular formula is C87H118N2O6Zr2+2. The summed E-state index contributed by atoms with van der Waals surface area (Å²) in [6.45, 7) is 57.9. The molecule has 8 aromatic rings. The van der Waals surface area contributed by atoms with E-state index in [1.807, 2.05) is 121 Å². The number of hydrogen-bond acceptors (Lipinski definition) is 8. The number of ether oxygens (including phenoxy) is 2. The number of nitrogens with zero attached hydrogens (tertiary/aromatic N) is 2. The minimum absolute atomic E-state index is 0. The molecule has 0 aliphatic rings. The van der Waals surface area contributed by atoms with Gasteiger partial charge in [-0.15, -0.1) is 48.5 Å². The molecule has 97 heavy (non-hydrogen) atoms. The average Bonchev–Trinajstić information content (AvgIpc) is 0.797. The van der Waals surface area contributed by atoms with Crippen LogP contribution in [0.25, 0.3) is 0 Å². The Hall–Kier alpha value is -5.95. The quantitative estimate of drug-likeness (QED) is 0.0709. The van der Waals surface area contributed by atoms with Gasteiger partial charge in [0.05, 0.1) is 13.2 Å². The van der Waals surface area contributed by atoms with E-state index in [4.69, 9.17) is 9.47 Å². The number of rotatable bonds is 16. The number of hydrogen-bond donors (Lipinski definition) is 4. The van der Waals surface area contributed by atoms with Crippen molar-refractivity contribution >= 4 is 0 Å². The van der Waals surface area contributed by atoms with E-state index in [1.165, 1.54) is 0 Å². The number of phenolic OH excluding ortho intramolecular Hbond substituents is 4. The van der Waals surface area contributed by atoms with Gasteiger partial charge >= 0.3 is 52.4 Å². The number of phenols is 4. The van der Waals surface area contributed by atoms with Gasteiger partial charge in [-0.1, -0.05) is 197 Å². The van der Waals surface area contributed by atoms with Gasteiger partial charge in [-0.25, -0.2) is 0 Å². The smallest absolute Gasteiger partial charge is 0.507 e. The summed E-state index contributed by atoms with van der Waals surface area (Å²) in [5, 5.41) is 48.4. The Kier molecular flexibility index (Phi) is 35.2. The van der Waals surface area contributed by atoms with Gasteiger partial charge in [-0.2, -0.15) is 98.5 Å². The Morgan fingerprint density at radius 2 is 0.505 bits per heavy atom. The first-order valence-corrected chi connectivity index (χ1v) is 33.5. The van der Waals surface area contributed by atoms with E-state index in [0.717, 1.165) is 89.0 Å². The van der Waals surface area contributed by atoms with Crippen molar-refractivity contribution in [3.63, 3.8) is 0 Å². The van der Waals surface area contributed by atoms with Crippen molar-refractivity contribution in [2.75, 3.05) is 40.5 Å². The Labute approximate surface area is 627 Å². The molecule has 0 aliphatic heterocycles. The molecule has 0 unspecified atom stereocenters. The van der Waals surface area contributed by atoms with Crippen molar-refractivity contribution in [2.24, 2.45) is 0 Å². The van der Waals surface area contributed by atoms with Gasteiger partial charge in [0.1, 0.15) is 23.0 Å². The van der Waals surface area contributed by atoms with Gasteiger partial charge in [0.2, 0.25) is 0 Å². The first-order chi connectivity index (χ1) is 44.1. The van der Waals surface area contributed by atoms with Crippen LogP contribution < -0.4 is 0 Å². The van der Waals surface area contributed by atoms with E-state index >= 15 is 0 Å². The van der Waals surface area contributed by atoms with Crippen LogP contribution in [-0.4, -0.2) is 70.7 Å². The van der Waals surface area contributed by atoms with Gasteiger partial charge in [-0.3, -0.25) is 9.80 Å². The Balaban J connectivity index is 0.000000864. The summed E-state index contributed by atoms with van der Waals surface area (Å²) in [7, 11) is 3.40. The summed E-state index contributed by atoms with van der Waals surface area (Å²) in [5.74, 6) is 1.02. The molecule has 0 saturated heterocycles. The van der Waals surface area contributed by atoms with Crippen molar-refractivity contribution in [3.05, 3.63) is 287 Å². The van der Waals surface area contributed by atoms with Crippen LogP contribution in [0.5, 0.6) is 23.0 Å². The van der Waals surface area contributed by atoms with Gasteiger partial charge in [0.15, 0.2) is 0 Å². The van der Waals surface area contributed by atoms with Crippen molar-refractivity contribution in [1.29, 1.82) is 0 Å². The second-order valence-corrected chi connectivity index (χ2v) is 31.4. The molecule has 0 bridgehead atoms. The summed E-state index contributed by atoms with van der Waals surface area (Å²) >= 11 is 0. The summed E-state index contributed by atoms with van der Waals surface area (Å²) < 4.78 is 11.2. The predicted molar refractivity (Wildman–Crippen MR) is 403 cm³/mol. The molecule has 0 spiro atoms. The molecule has 0 atom stereocenters. The minimum Gasteiger partial charge on any atom is -0.507 e. The fraction of sp³-hybridized carbons (Fsp3) is 0.402. The fourth-order valence-electron chi connectivity index (χ4n) is 10.5. The van der Waals surface area contributed by atoms with Crippen LogP contribution in [0.15, 0.2) is 170 Å². The number of aromatic hydroxyl groups is 4. The van der Waals surface area contributed by atoms with Gasteiger partial charge in [0, 0.05) is 82.2 Å². The minimum atomic E-state index is -0.263. The first kappa shape index (κ1) is 87.1. The monoisotopic (exact) mass is 1470 g/mol. The molecule has 0 saturated carbocycles. The molecule has 0 fully saturated rings. The molecule has 0 amide bonds. The summed E-state index contributed by atoms with van der Waals surface area (Å²) in [6, 6.07) is 56.5. The maximum atomic E-state index is 12.4. The first-order valence-electron chi connectivity index (χ1n) is 33.5. The van der Waals surface area contributed by atoms with E-state index in [-0.39, 0.29) is 96.4 Å². The third kappa shape index (κ3) is 29.4. The summed E-state index contributed by atoms with van der Waals surface area (Å²) in [5.41, 5.74) is 14.1. The van der Waals surface area contributed by atoms with Crippen molar-refractivity contribution in [2.45, 2.75) is 190 Å². The molecule has 8 aromatic carbocycles. The van der Waals surface area contributed by atoms with E-state index < -0.39 is 0 Å². The zero-order chi connectivity index (χ0) is 71.3. The van der Waals surface area contributed by atoms with E-state index in [2.05, 4.69) is 211 Å². The average molecular weight is 1470 g/mol. The van der Waals surface area contributed by atoms with Crippen molar-refractivity contribution in [3.8, 4) is 23.0 Å². The Morgan fingerprint density at radius 1 is 0.299 bits per heavy atom. The fourth-order valence-corrected chi connectivity index (χ4v) is 10.5. The molecule has 4 N–H and O–H groups in total. The van der Waals surface area contributed by atoms with Crippen LogP contribution in [0.3, 0.4) is 0 Å². The van der Waals surface area contributed by atoms with Crippen LogP contribution in [0.2, 0.25) is 0 Å². The zero-order valence-electron chi connectivity index (χ0n) is 62.9.